The van der Waals surface area contributed by atoms with Crippen molar-refractivity contribution in [2.24, 2.45) is 0 Å². The first-order chi connectivity index (χ1) is 7.02. The first kappa shape index (κ1) is 14.7. The molecule has 0 aliphatic carbocycles. The molecule has 88 valence electrons. The first-order valence-corrected chi connectivity index (χ1v) is 9.82. The van der Waals surface area contributed by atoms with Crippen molar-refractivity contribution in [3.8, 4) is 0 Å². The molecule has 15 heavy (non-hydrogen) atoms. The summed E-state index contributed by atoms with van der Waals surface area (Å²) in [5.41, 5.74) is 0. The van der Waals surface area contributed by atoms with Crippen molar-refractivity contribution in [3.63, 3.8) is 0 Å². The van der Waals surface area contributed by atoms with Gasteiger partial charge in [-0.2, -0.15) is 0 Å². The summed E-state index contributed by atoms with van der Waals surface area (Å²) >= 11 is 0. The Morgan fingerprint density at radius 1 is 1.13 bits per heavy atom. The van der Waals surface area contributed by atoms with E-state index in [1.54, 1.807) is 5.20 Å². The van der Waals surface area contributed by atoms with Gasteiger partial charge in [0.25, 0.3) is 0 Å². The Balaban J connectivity index is 4.01. The van der Waals surface area contributed by atoms with Gasteiger partial charge >= 0.3 is 0 Å². The van der Waals surface area contributed by atoms with Crippen LogP contribution >= 0.6 is 0 Å². The molecule has 0 aromatic heterocycles. The SMILES string of the molecule is C=CC/C(=C\CCCCCC)[Si](C)(C)C. The second-order valence-corrected chi connectivity index (χ2v) is 10.5. The molecule has 0 aromatic rings. The van der Waals surface area contributed by atoms with Crippen molar-refractivity contribution in [3.05, 3.63) is 23.9 Å². The predicted molar refractivity (Wildman–Crippen MR) is 75.0 cm³/mol. The monoisotopic (exact) mass is 224 g/mol. The zero-order valence-corrected chi connectivity index (χ0v) is 12.1. The van der Waals surface area contributed by atoms with Crippen LogP contribution in [0.25, 0.3) is 0 Å². The second kappa shape index (κ2) is 7.92. The van der Waals surface area contributed by atoms with Crippen LogP contribution in [0.3, 0.4) is 0 Å². The van der Waals surface area contributed by atoms with Gasteiger partial charge in [-0.15, -0.1) is 6.58 Å². The molecule has 0 saturated carbocycles. The van der Waals surface area contributed by atoms with Crippen LogP contribution in [0.4, 0.5) is 0 Å². The van der Waals surface area contributed by atoms with Gasteiger partial charge in [0.2, 0.25) is 0 Å². The molecule has 0 radical (unpaired) electrons. The molecule has 0 bridgehead atoms. The molecule has 0 nitrogen and oxygen atoms in total. The second-order valence-electron chi connectivity index (χ2n) is 5.32. The summed E-state index contributed by atoms with van der Waals surface area (Å²) in [4.78, 5) is 0. The van der Waals surface area contributed by atoms with Crippen molar-refractivity contribution in [1.29, 1.82) is 0 Å². The van der Waals surface area contributed by atoms with Crippen LogP contribution < -0.4 is 0 Å². The molecule has 0 atom stereocenters. The molecule has 0 aliphatic rings. The van der Waals surface area contributed by atoms with Gasteiger partial charge in [0, 0.05) is 0 Å². The minimum atomic E-state index is -1.09. The lowest BCUT2D eigenvalue weighted by molar-refractivity contribution is 0.673. The maximum Gasteiger partial charge on any atom is 0.0724 e. The van der Waals surface area contributed by atoms with Crippen LogP contribution in [0.1, 0.15) is 45.4 Å². The fourth-order valence-corrected chi connectivity index (χ4v) is 3.21. The first-order valence-electron chi connectivity index (χ1n) is 6.32. The number of hydrogen-bond acceptors (Lipinski definition) is 0. The van der Waals surface area contributed by atoms with Gasteiger partial charge < -0.3 is 0 Å². The molecule has 0 rings (SSSR count). The average Bonchev–Trinajstić information content (AvgIpc) is 2.14. The molecular weight excluding hydrogens is 196 g/mol. The highest BCUT2D eigenvalue weighted by Crippen LogP contribution is 2.19. The summed E-state index contributed by atoms with van der Waals surface area (Å²) in [6, 6.07) is 0. The summed E-state index contributed by atoms with van der Waals surface area (Å²) in [7, 11) is -1.09. The van der Waals surface area contributed by atoms with E-state index in [1.807, 2.05) is 0 Å². The van der Waals surface area contributed by atoms with Gasteiger partial charge in [-0.05, 0) is 19.3 Å². The van der Waals surface area contributed by atoms with Crippen molar-refractivity contribution >= 4 is 8.07 Å². The molecule has 0 spiro atoms. The lowest BCUT2D eigenvalue weighted by atomic mass is 10.1. The normalized spacial score (nSPS) is 12.9. The fourth-order valence-electron chi connectivity index (χ4n) is 1.70. The zero-order valence-electron chi connectivity index (χ0n) is 11.1. The van der Waals surface area contributed by atoms with Crippen LogP contribution in [-0.2, 0) is 0 Å². The summed E-state index contributed by atoms with van der Waals surface area (Å²) in [5.74, 6) is 0. The molecule has 0 aromatic carbocycles. The van der Waals surface area contributed by atoms with Crippen molar-refractivity contribution in [1.82, 2.24) is 0 Å². The maximum absolute atomic E-state index is 3.85. The molecule has 0 aliphatic heterocycles. The molecule has 0 amide bonds. The minimum absolute atomic E-state index is 1.09. The predicted octanol–water partition coefficient (Wildman–Crippen LogP) is 5.34. The number of rotatable bonds is 8. The molecule has 0 heterocycles. The summed E-state index contributed by atoms with van der Waals surface area (Å²) in [6.07, 6.45) is 12.4. The van der Waals surface area contributed by atoms with E-state index in [1.165, 1.54) is 32.1 Å². The third-order valence-corrected chi connectivity index (χ3v) is 5.11. The molecular formula is C14H28Si. The van der Waals surface area contributed by atoms with Crippen molar-refractivity contribution in [2.45, 2.75) is 65.1 Å². The smallest absolute Gasteiger partial charge is 0.0724 e. The van der Waals surface area contributed by atoms with Crippen LogP contribution in [0.5, 0.6) is 0 Å². The summed E-state index contributed by atoms with van der Waals surface area (Å²) < 4.78 is 0. The highest BCUT2D eigenvalue weighted by Gasteiger charge is 2.17. The molecule has 1 heteroatoms. The van der Waals surface area contributed by atoms with Gasteiger partial charge in [-0.1, -0.05) is 63.2 Å². The quantitative estimate of drug-likeness (QED) is 0.297. The maximum atomic E-state index is 3.85. The van der Waals surface area contributed by atoms with E-state index in [2.05, 4.69) is 45.3 Å². The van der Waals surface area contributed by atoms with E-state index < -0.39 is 8.07 Å². The van der Waals surface area contributed by atoms with E-state index >= 15 is 0 Å². The number of unbranched alkanes of at least 4 members (excludes halogenated alkanes) is 4. The summed E-state index contributed by atoms with van der Waals surface area (Å²) in [5, 5.41) is 1.67. The van der Waals surface area contributed by atoms with Gasteiger partial charge in [0.05, 0.1) is 8.07 Å². The Hall–Kier alpha value is -0.303. The third-order valence-electron chi connectivity index (χ3n) is 2.78. The topological polar surface area (TPSA) is 0 Å². The Morgan fingerprint density at radius 3 is 2.27 bits per heavy atom. The lowest BCUT2D eigenvalue weighted by Crippen LogP contribution is -2.23. The largest absolute Gasteiger partial charge is 0.103 e. The Morgan fingerprint density at radius 2 is 1.80 bits per heavy atom. The highest BCUT2D eigenvalue weighted by molar-refractivity contribution is 6.83. The average molecular weight is 224 g/mol. The van der Waals surface area contributed by atoms with E-state index in [0.29, 0.717) is 0 Å². The van der Waals surface area contributed by atoms with E-state index in [4.69, 9.17) is 0 Å². The number of allylic oxidation sites excluding steroid dienone is 3. The van der Waals surface area contributed by atoms with E-state index in [-0.39, 0.29) is 0 Å². The van der Waals surface area contributed by atoms with Crippen LogP contribution in [0.15, 0.2) is 23.9 Å². The Bertz CT molecular complexity index is 196. The lowest BCUT2D eigenvalue weighted by Gasteiger charge is -2.20. The minimum Gasteiger partial charge on any atom is -0.103 e. The fraction of sp³-hybridized carbons (Fsp3) is 0.714. The number of hydrogen-bond donors (Lipinski definition) is 0. The van der Waals surface area contributed by atoms with Crippen molar-refractivity contribution in [2.75, 3.05) is 0 Å². The summed E-state index contributed by atoms with van der Waals surface area (Å²) in [6.45, 7) is 13.4. The standard InChI is InChI=1S/C14H28Si/c1-6-8-9-10-11-13-14(12-7-2)15(3,4)5/h7,13H,2,6,8-12H2,1,3-5H3/b14-13+. The van der Waals surface area contributed by atoms with Crippen molar-refractivity contribution < 1.29 is 0 Å². The molecule has 0 unspecified atom stereocenters. The third kappa shape index (κ3) is 7.61. The van der Waals surface area contributed by atoms with Crippen LogP contribution in [0, 0.1) is 0 Å². The molecule has 0 fully saturated rings. The zero-order chi connectivity index (χ0) is 11.7. The van der Waals surface area contributed by atoms with E-state index in [0.717, 1.165) is 6.42 Å². The highest BCUT2D eigenvalue weighted by atomic mass is 28.3. The van der Waals surface area contributed by atoms with Gasteiger partial charge in [0.1, 0.15) is 0 Å². The van der Waals surface area contributed by atoms with Gasteiger partial charge in [-0.25, -0.2) is 0 Å². The molecule has 0 N–H and O–H groups in total. The van der Waals surface area contributed by atoms with Gasteiger partial charge in [0.15, 0.2) is 0 Å². The Labute approximate surface area is 97.5 Å². The van der Waals surface area contributed by atoms with Gasteiger partial charge in [-0.3, -0.25) is 0 Å². The van der Waals surface area contributed by atoms with Crippen LogP contribution in [-0.4, -0.2) is 8.07 Å². The molecule has 0 saturated heterocycles. The van der Waals surface area contributed by atoms with Crippen LogP contribution in [0.2, 0.25) is 19.6 Å². The Kier molecular flexibility index (Phi) is 7.76. The van der Waals surface area contributed by atoms with E-state index in [9.17, 15) is 0 Å².